The van der Waals surface area contributed by atoms with Gasteiger partial charge in [0.25, 0.3) is 5.91 Å². The van der Waals surface area contributed by atoms with Gasteiger partial charge in [-0.1, -0.05) is 48.0 Å². The van der Waals surface area contributed by atoms with E-state index in [1.165, 1.54) is 36.5 Å². The lowest BCUT2D eigenvalue weighted by Gasteiger charge is -2.05. The van der Waals surface area contributed by atoms with Gasteiger partial charge in [0.15, 0.2) is 0 Å². The summed E-state index contributed by atoms with van der Waals surface area (Å²) in [5, 5.41) is 18.3. The highest BCUT2D eigenvalue weighted by Crippen LogP contribution is 2.24. The van der Waals surface area contributed by atoms with Crippen LogP contribution in [0.25, 0.3) is 11.3 Å². The zero-order valence-electron chi connectivity index (χ0n) is 16.7. The third-order valence-electron chi connectivity index (χ3n) is 4.72. The van der Waals surface area contributed by atoms with Crippen molar-refractivity contribution < 1.29 is 14.3 Å². The largest absolute Gasteiger partial charge is 0.508 e. The first-order valence-corrected chi connectivity index (χ1v) is 10.1. The van der Waals surface area contributed by atoms with Gasteiger partial charge in [0.2, 0.25) is 0 Å². The van der Waals surface area contributed by atoms with Crippen molar-refractivity contribution in [1.82, 2.24) is 15.2 Å². The summed E-state index contributed by atoms with van der Waals surface area (Å²) in [5.41, 5.74) is 5.25. The number of hydrazone groups is 1. The molecule has 3 aromatic carbocycles. The van der Waals surface area contributed by atoms with Crippen LogP contribution in [0.5, 0.6) is 5.75 Å². The lowest BCUT2D eigenvalue weighted by Crippen LogP contribution is -2.17. The van der Waals surface area contributed by atoms with Crippen LogP contribution in [-0.2, 0) is 6.54 Å². The first-order valence-electron chi connectivity index (χ1n) is 9.69. The minimum Gasteiger partial charge on any atom is -0.508 e. The minimum atomic E-state index is -0.423. The van der Waals surface area contributed by atoms with E-state index in [2.05, 4.69) is 15.6 Å². The van der Waals surface area contributed by atoms with Gasteiger partial charge in [0, 0.05) is 33.5 Å². The molecule has 32 heavy (non-hydrogen) atoms. The topological polar surface area (TPSA) is 79.5 Å². The number of carbonyl (C=O) groups is 1. The van der Waals surface area contributed by atoms with Gasteiger partial charge < -0.3 is 5.11 Å². The molecule has 0 bridgehead atoms. The number of aromatic hydroxyl groups is 1. The second-order valence-electron chi connectivity index (χ2n) is 6.94. The molecule has 6 nitrogen and oxygen atoms in total. The van der Waals surface area contributed by atoms with Crippen LogP contribution in [0.3, 0.4) is 0 Å². The number of nitrogens with one attached hydrogen (secondary N) is 1. The zero-order chi connectivity index (χ0) is 22.5. The van der Waals surface area contributed by atoms with Crippen LogP contribution in [0.4, 0.5) is 4.39 Å². The molecule has 8 heteroatoms. The number of hydrogen-bond acceptors (Lipinski definition) is 4. The van der Waals surface area contributed by atoms with Crippen LogP contribution in [0, 0.1) is 5.82 Å². The average Bonchev–Trinajstić information content (AvgIpc) is 3.20. The molecule has 0 aliphatic heterocycles. The second kappa shape index (κ2) is 9.45. The predicted octanol–water partition coefficient (Wildman–Crippen LogP) is 4.86. The number of benzene rings is 3. The van der Waals surface area contributed by atoms with Gasteiger partial charge in [-0.25, -0.2) is 9.82 Å². The highest BCUT2D eigenvalue weighted by atomic mass is 35.5. The summed E-state index contributed by atoms with van der Waals surface area (Å²) in [6.45, 7) is 0.138. The van der Waals surface area contributed by atoms with Crippen molar-refractivity contribution in [2.45, 2.75) is 6.54 Å². The molecule has 0 saturated heterocycles. The van der Waals surface area contributed by atoms with E-state index < -0.39 is 11.7 Å². The van der Waals surface area contributed by atoms with Crippen molar-refractivity contribution in [3.63, 3.8) is 0 Å². The summed E-state index contributed by atoms with van der Waals surface area (Å²) in [4.78, 5) is 12.2. The fourth-order valence-electron chi connectivity index (χ4n) is 3.12. The molecule has 4 aromatic rings. The normalized spacial score (nSPS) is 11.1. The SMILES string of the molecule is O=C(N/N=C\c1cn(Cc2c(F)cccc2Cl)nc1-c1ccccc1)c1ccc(O)cc1. The first-order chi connectivity index (χ1) is 15.5. The fourth-order valence-corrected chi connectivity index (χ4v) is 3.34. The Hall–Kier alpha value is -3.97. The second-order valence-corrected chi connectivity index (χ2v) is 7.35. The van der Waals surface area contributed by atoms with Gasteiger partial charge >= 0.3 is 0 Å². The molecule has 0 saturated carbocycles. The Bertz CT molecular complexity index is 1250. The minimum absolute atomic E-state index is 0.0694. The lowest BCUT2D eigenvalue weighted by molar-refractivity contribution is 0.0955. The Balaban J connectivity index is 1.60. The smallest absolute Gasteiger partial charge is 0.271 e. The maximum absolute atomic E-state index is 14.2. The summed E-state index contributed by atoms with van der Waals surface area (Å²) in [5.74, 6) is -0.765. The number of aromatic nitrogens is 2. The molecule has 0 atom stereocenters. The van der Waals surface area contributed by atoms with E-state index in [0.29, 0.717) is 27.4 Å². The van der Waals surface area contributed by atoms with Crippen LogP contribution in [0.15, 0.2) is 84.1 Å². The van der Waals surface area contributed by atoms with Crippen molar-refractivity contribution >= 4 is 23.7 Å². The molecule has 0 fully saturated rings. The molecule has 1 aromatic heterocycles. The van der Waals surface area contributed by atoms with Gasteiger partial charge in [-0.05, 0) is 36.4 Å². The Morgan fingerprint density at radius 3 is 2.56 bits per heavy atom. The van der Waals surface area contributed by atoms with Crippen LogP contribution in [0.2, 0.25) is 5.02 Å². The van der Waals surface area contributed by atoms with Crippen molar-refractivity contribution in [2.75, 3.05) is 0 Å². The molecule has 0 aliphatic rings. The number of halogens is 2. The van der Waals surface area contributed by atoms with E-state index in [9.17, 15) is 14.3 Å². The predicted molar refractivity (Wildman–Crippen MR) is 121 cm³/mol. The number of carbonyl (C=O) groups excluding carboxylic acids is 1. The Kier molecular flexibility index (Phi) is 6.28. The Morgan fingerprint density at radius 1 is 1.09 bits per heavy atom. The van der Waals surface area contributed by atoms with Crippen LogP contribution < -0.4 is 5.43 Å². The quantitative estimate of drug-likeness (QED) is 0.326. The maximum Gasteiger partial charge on any atom is 0.271 e. The third-order valence-corrected chi connectivity index (χ3v) is 5.07. The van der Waals surface area contributed by atoms with E-state index in [-0.39, 0.29) is 12.3 Å². The van der Waals surface area contributed by atoms with Crippen LogP contribution in [-0.4, -0.2) is 27.0 Å². The number of phenols is 1. The number of hydrogen-bond donors (Lipinski definition) is 2. The molecular weight excluding hydrogens is 431 g/mol. The van der Waals surface area contributed by atoms with Crippen LogP contribution in [0.1, 0.15) is 21.5 Å². The fraction of sp³-hybridized carbons (Fsp3) is 0.0417. The zero-order valence-corrected chi connectivity index (χ0v) is 17.5. The van der Waals surface area contributed by atoms with Crippen molar-refractivity contribution in [1.29, 1.82) is 0 Å². The van der Waals surface area contributed by atoms with Gasteiger partial charge in [-0.3, -0.25) is 9.48 Å². The molecule has 1 heterocycles. The molecule has 0 aliphatic carbocycles. The summed E-state index contributed by atoms with van der Waals surface area (Å²) >= 11 is 6.16. The van der Waals surface area contributed by atoms with Gasteiger partial charge in [0.05, 0.1) is 12.8 Å². The maximum atomic E-state index is 14.2. The molecular formula is C24H18ClFN4O2. The Labute approximate surface area is 188 Å². The number of phenolic OH excluding ortho intramolecular Hbond substituents is 1. The Morgan fingerprint density at radius 2 is 1.84 bits per heavy atom. The molecule has 160 valence electrons. The van der Waals surface area contributed by atoms with Crippen molar-refractivity contribution in [2.24, 2.45) is 5.10 Å². The molecule has 0 radical (unpaired) electrons. The number of amides is 1. The number of nitrogens with zero attached hydrogens (tertiary/aromatic N) is 3. The third kappa shape index (κ3) is 4.84. The van der Waals surface area contributed by atoms with E-state index in [1.807, 2.05) is 30.3 Å². The molecule has 0 unspecified atom stereocenters. The van der Waals surface area contributed by atoms with Gasteiger partial charge in [-0.2, -0.15) is 10.2 Å². The van der Waals surface area contributed by atoms with E-state index in [1.54, 1.807) is 23.0 Å². The van der Waals surface area contributed by atoms with Crippen molar-refractivity contribution in [3.8, 4) is 17.0 Å². The summed E-state index contributed by atoms with van der Waals surface area (Å²) < 4.78 is 15.8. The molecule has 4 rings (SSSR count). The van der Waals surface area contributed by atoms with Crippen molar-refractivity contribution in [3.05, 3.63) is 107 Å². The highest BCUT2D eigenvalue weighted by molar-refractivity contribution is 6.31. The lowest BCUT2D eigenvalue weighted by atomic mass is 10.1. The standard InChI is InChI=1S/C24H18ClFN4O2/c25-21-7-4-8-22(26)20(21)15-30-14-18(23(29-30)16-5-2-1-3-6-16)13-27-28-24(32)17-9-11-19(31)12-10-17/h1-14,31H,15H2,(H,28,32)/b27-13-. The monoisotopic (exact) mass is 448 g/mol. The first kappa shape index (κ1) is 21.3. The average molecular weight is 449 g/mol. The molecule has 0 spiro atoms. The number of rotatable bonds is 6. The van der Waals surface area contributed by atoms with E-state index in [4.69, 9.17) is 11.6 Å². The van der Waals surface area contributed by atoms with E-state index in [0.717, 1.165) is 5.56 Å². The highest BCUT2D eigenvalue weighted by Gasteiger charge is 2.13. The van der Waals surface area contributed by atoms with Crippen LogP contribution >= 0.6 is 11.6 Å². The van der Waals surface area contributed by atoms with E-state index >= 15 is 0 Å². The summed E-state index contributed by atoms with van der Waals surface area (Å²) in [7, 11) is 0. The summed E-state index contributed by atoms with van der Waals surface area (Å²) in [6, 6.07) is 19.8. The van der Waals surface area contributed by atoms with Gasteiger partial charge in [-0.15, -0.1) is 0 Å². The van der Waals surface area contributed by atoms with Gasteiger partial charge in [0.1, 0.15) is 17.3 Å². The molecule has 1 amide bonds. The molecule has 2 N–H and O–H groups in total. The summed E-state index contributed by atoms with van der Waals surface area (Å²) in [6.07, 6.45) is 3.19.